The van der Waals surface area contributed by atoms with E-state index in [0.717, 1.165) is 5.92 Å². The van der Waals surface area contributed by atoms with E-state index in [1.54, 1.807) is 0 Å². The van der Waals surface area contributed by atoms with Crippen LogP contribution in [0, 0.1) is 5.92 Å². The minimum Gasteiger partial charge on any atom is -0.306 e. The molecule has 1 nitrogen and oxygen atoms in total. The maximum absolute atomic E-state index is 3.85. The molecule has 96 valence electrons. The fourth-order valence-electron chi connectivity index (χ4n) is 2.98. The lowest BCUT2D eigenvalue weighted by Gasteiger charge is -2.31. The third-order valence-electron chi connectivity index (χ3n) is 4.12. The summed E-state index contributed by atoms with van der Waals surface area (Å²) in [6.45, 7) is 4.66. The SMILES string of the molecule is CCC(NC(C)C1CCCCC1)c1cccs1. The molecule has 1 aromatic rings. The summed E-state index contributed by atoms with van der Waals surface area (Å²) >= 11 is 1.88. The second kappa shape index (κ2) is 6.55. The van der Waals surface area contributed by atoms with E-state index in [-0.39, 0.29) is 0 Å². The van der Waals surface area contributed by atoms with Crippen LogP contribution in [-0.4, -0.2) is 6.04 Å². The minimum absolute atomic E-state index is 0.562. The normalized spacial score (nSPS) is 21.3. The van der Waals surface area contributed by atoms with Crippen LogP contribution in [0.1, 0.15) is 63.3 Å². The fourth-order valence-corrected chi connectivity index (χ4v) is 3.85. The van der Waals surface area contributed by atoms with E-state index in [1.807, 2.05) is 11.3 Å². The van der Waals surface area contributed by atoms with E-state index in [1.165, 1.54) is 43.4 Å². The van der Waals surface area contributed by atoms with Crippen molar-refractivity contribution in [1.29, 1.82) is 0 Å². The fraction of sp³-hybridized carbons (Fsp3) is 0.733. The van der Waals surface area contributed by atoms with Crippen molar-refractivity contribution in [3.8, 4) is 0 Å². The zero-order valence-corrected chi connectivity index (χ0v) is 11.9. The number of hydrogen-bond acceptors (Lipinski definition) is 2. The number of thiophene rings is 1. The van der Waals surface area contributed by atoms with E-state index in [0.29, 0.717) is 12.1 Å². The van der Waals surface area contributed by atoms with Gasteiger partial charge in [-0.3, -0.25) is 0 Å². The van der Waals surface area contributed by atoms with E-state index < -0.39 is 0 Å². The van der Waals surface area contributed by atoms with Gasteiger partial charge in [0.05, 0.1) is 0 Å². The van der Waals surface area contributed by atoms with Gasteiger partial charge in [-0.05, 0) is 43.6 Å². The van der Waals surface area contributed by atoms with Crippen molar-refractivity contribution in [2.45, 2.75) is 64.5 Å². The van der Waals surface area contributed by atoms with Crippen LogP contribution in [0.25, 0.3) is 0 Å². The molecule has 0 spiro atoms. The molecule has 1 saturated carbocycles. The summed E-state index contributed by atoms with van der Waals surface area (Å²) in [5.74, 6) is 0.901. The molecule has 0 saturated heterocycles. The van der Waals surface area contributed by atoms with Gasteiger partial charge in [0, 0.05) is 17.0 Å². The van der Waals surface area contributed by atoms with Crippen molar-refractivity contribution in [1.82, 2.24) is 5.32 Å². The van der Waals surface area contributed by atoms with Crippen LogP contribution in [-0.2, 0) is 0 Å². The molecule has 1 fully saturated rings. The lowest BCUT2D eigenvalue weighted by molar-refractivity contribution is 0.263. The molecule has 1 heterocycles. The van der Waals surface area contributed by atoms with Gasteiger partial charge >= 0.3 is 0 Å². The first kappa shape index (κ1) is 13.1. The average Bonchev–Trinajstić information content (AvgIpc) is 2.90. The summed E-state index contributed by atoms with van der Waals surface area (Å²) in [5.41, 5.74) is 0. The van der Waals surface area contributed by atoms with Crippen molar-refractivity contribution in [3.05, 3.63) is 22.4 Å². The highest BCUT2D eigenvalue weighted by molar-refractivity contribution is 7.10. The minimum atomic E-state index is 0.562. The summed E-state index contributed by atoms with van der Waals surface area (Å²) in [6.07, 6.45) is 8.37. The predicted molar refractivity (Wildman–Crippen MR) is 76.5 cm³/mol. The van der Waals surface area contributed by atoms with Gasteiger partial charge in [0.2, 0.25) is 0 Å². The Bertz CT molecular complexity index is 301. The Morgan fingerprint density at radius 2 is 2.12 bits per heavy atom. The third kappa shape index (κ3) is 3.56. The molecule has 1 N–H and O–H groups in total. The quantitative estimate of drug-likeness (QED) is 0.795. The molecular weight excluding hydrogens is 226 g/mol. The molecule has 1 aliphatic carbocycles. The molecule has 2 atom stereocenters. The van der Waals surface area contributed by atoms with Crippen LogP contribution in [0.5, 0.6) is 0 Å². The van der Waals surface area contributed by atoms with Crippen LogP contribution in [0.3, 0.4) is 0 Å². The topological polar surface area (TPSA) is 12.0 Å². The van der Waals surface area contributed by atoms with Crippen LogP contribution >= 0.6 is 11.3 Å². The molecule has 0 radical (unpaired) electrons. The molecule has 2 rings (SSSR count). The van der Waals surface area contributed by atoms with Gasteiger partial charge in [0.15, 0.2) is 0 Å². The van der Waals surface area contributed by atoms with Gasteiger partial charge in [-0.2, -0.15) is 0 Å². The van der Waals surface area contributed by atoms with Crippen LogP contribution in [0.15, 0.2) is 17.5 Å². The Morgan fingerprint density at radius 1 is 1.35 bits per heavy atom. The van der Waals surface area contributed by atoms with E-state index >= 15 is 0 Å². The maximum Gasteiger partial charge on any atom is 0.0414 e. The maximum atomic E-state index is 3.85. The second-order valence-corrected chi connectivity index (χ2v) is 6.31. The first-order valence-electron chi connectivity index (χ1n) is 7.10. The predicted octanol–water partition coefficient (Wildman–Crippen LogP) is 4.76. The summed E-state index contributed by atoms with van der Waals surface area (Å²) < 4.78 is 0. The zero-order valence-electron chi connectivity index (χ0n) is 11.1. The number of nitrogens with one attached hydrogen (secondary N) is 1. The Kier molecular flexibility index (Phi) is 5.05. The molecule has 0 amide bonds. The van der Waals surface area contributed by atoms with Gasteiger partial charge in [0.25, 0.3) is 0 Å². The van der Waals surface area contributed by atoms with E-state index in [2.05, 4.69) is 36.7 Å². The standard InChI is InChI=1S/C15H25NS/c1-3-14(15-10-7-11-17-15)16-12(2)13-8-5-4-6-9-13/h7,10-14,16H,3-6,8-9H2,1-2H3. The van der Waals surface area contributed by atoms with Crippen LogP contribution in [0.4, 0.5) is 0 Å². The molecule has 2 unspecified atom stereocenters. The average molecular weight is 251 g/mol. The third-order valence-corrected chi connectivity index (χ3v) is 5.10. The van der Waals surface area contributed by atoms with Gasteiger partial charge in [-0.1, -0.05) is 32.3 Å². The van der Waals surface area contributed by atoms with E-state index in [4.69, 9.17) is 0 Å². The molecular formula is C15H25NS. The van der Waals surface area contributed by atoms with Crippen LogP contribution in [0.2, 0.25) is 0 Å². The van der Waals surface area contributed by atoms with Crippen molar-refractivity contribution in [3.63, 3.8) is 0 Å². The Labute approximate surface area is 110 Å². The summed E-state index contributed by atoms with van der Waals surface area (Å²) in [5, 5.41) is 6.03. The molecule has 1 aromatic heterocycles. The van der Waals surface area contributed by atoms with Crippen molar-refractivity contribution in [2.24, 2.45) is 5.92 Å². The second-order valence-electron chi connectivity index (χ2n) is 5.33. The largest absolute Gasteiger partial charge is 0.306 e. The molecule has 0 aliphatic heterocycles. The van der Waals surface area contributed by atoms with E-state index in [9.17, 15) is 0 Å². The highest BCUT2D eigenvalue weighted by Gasteiger charge is 2.22. The van der Waals surface area contributed by atoms with Crippen molar-refractivity contribution < 1.29 is 0 Å². The Balaban J connectivity index is 1.89. The summed E-state index contributed by atoms with van der Waals surface area (Å²) in [4.78, 5) is 1.50. The van der Waals surface area contributed by atoms with Gasteiger partial charge in [0.1, 0.15) is 0 Å². The van der Waals surface area contributed by atoms with Gasteiger partial charge in [-0.25, -0.2) is 0 Å². The lowest BCUT2D eigenvalue weighted by Crippen LogP contribution is -2.36. The van der Waals surface area contributed by atoms with Crippen molar-refractivity contribution in [2.75, 3.05) is 0 Å². The van der Waals surface area contributed by atoms with Crippen molar-refractivity contribution >= 4 is 11.3 Å². The molecule has 1 aliphatic rings. The number of rotatable bonds is 5. The number of hydrogen-bond donors (Lipinski definition) is 1. The smallest absolute Gasteiger partial charge is 0.0414 e. The highest BCUT2D eigenvalue weighted by atomic mass is 32.1. The molecule has 0 bridgehead atoms. The molecule has 2 heteroatoms. The first-order valence-corrected chi connectivity index (χ1v) is 7.98. The highest BCUT2D eigenvalue weighted by Crippen LogP contribution is 2.29. The molecule has 17 heavy (non-hydrogen) atoms. The monoisotopic (exact) mass is 251 g/mol. The Hall–Kier alpha value is -0.340. The van der Waals surface area contributed by atoms with Gasteiger partial charge in [-0.15, -0.1) is 11.3 Å². The lowest BCUT2D eigenvalue weighted by atomic mass is 9.84. The zero-order chi connectivity index (χ0) is 12.1. The Morgan fingerprint density at radius 3 is 2.71 bits per heavy atom. The first-order chi connectivity index (χ1) is 8.31. The summed E-state index contributed by atoms with van der Waals surface area (Å²) in [6, 6.07) is 5.66. The van der Waals surface area contributed by atoms with Crippen LogP contribution < -0.4 is 5.32 Å². The summed E-state index contributed by atoms with van der Waals surface area (Å²) in [7, 11) is 0. The van der Waals surface area contributed by atoms with Gasteiger partial charge < -0.3 is 5.32 Å². The molecule has 0 aromatic carbocycles.